The van der Waals surface area contributed by atoms with Crippen LogP contribution < -0.4 is 0 Å². The third kappa shape index (κ3) is 1.73. The maximum atomic E-state index is 10.1. The predicted octanol–water partition coefficient (Wildman–Crippen LogP) is 2.42. The van der Waals surface area contributed by atoms with Gasteiger partial charge in [-0.05, 0) is 5.56 Å². The van der Waals surface area contributed by atoms with Crippen molar-refractivity contribution in [3.05, 3.63) is 53.8 Å². The van der Waals surface area contributed by atoms with E-state index in [9.17, 15) is 10.2 Å². The van der Waals surface area contributed by atoms with Crippen molar-refractivity contribution in [2.45, 2.75) is 12.5 Å². The maximum Gasteiger partial charge on any atom is 0.215 e. The average molecular weight is 227 g/mol. The standard InChI is InChI=1S/C14H13NO2/c1-10-7-8-12(11-5-3-2-4-6-11)13(16)14(10,17)9-15/h2-8,10,16-17H,1H3/t10-,14-/m0/s1. The van der Waals surface area contributed by atoms with Crippen LogP contribution in [0.15, 0.2) is 48.2 Å². The Bertz CT molecular complexity index is 525. The molecule has 0 unspecified atom stereocenters. The van der Waals surface area contributed by atoms with Gasteiger partial charge >= 0.3 is 0 Å². The summed E-state index contributed by atoms with van der Waals surface area (Å²) in [5.41, 5.74) is -0.561. The lowest BCUT2D eigenvalue weighted by Gasteiger charge is -2.29. The first-order valence-corrected chi connectivity index (χ1v) is 5.40. The summed E-state index contributed by atoms with van der Waals surface area (Å²) in [4.78, 5) is 0. The Kier molecular flexibility index (Phi) is 2.74. The zero-order chi connectivity index (χ0) is 12.5. The van der Waals surface area contributed by atoms with Crippen molar-refractivity contribution >= 4 is 5.57 Å². The number of aliphatic hydroxyl groups is 2. The molecule has 0 saturated carbocycles. The Morgan fingerprint density at radius 1 is 1.29 bits per heavy atom. The van der Waals surface area contributed by atoms with Crippen LogP contribution in [0.4, 0.5) is 0 Å². The van der Waals surface area contributed by atoms with E-state index in [0.717, 1.165) is 5.56 Å². The molecule has 1 aliphatic rings. The second-order valence-electron chi connectivity index (χ2n) is 4.15. The van der Waals surface area contributed by atoms with E-state index < -0.39 is 11.5 Å². The lowest BCUT2D eigenvalue weighted by atomic mass is 9.80. The van der Waals surface area contributed by atoms with E-state index in [2.05, 4.69) is 0 Å². The number of aliphatic hydroxyl groups excluding tert-OH is 1. The highest BCUT2D eigenvalue weighted by Gasteiger charge is 2.41. The van der Waals surface area contributed by atoms with Crippen molar-refractivity contribution in [1.82, 2.24) is 0 Å². The van der Waals surface area contributed by atoms with Gasteiger partial charge in [-0.15, -0.1) is 0 Å². The molecular formula is C14H13NO2. The van der Waals surface area contributed by atoms with Gasteiger partial charge in [0, 0.05) is 11.5 Å². The molecule has 0 radical (unpaired) electrons. The molecule has 0 bridgehead atoms. The van der Waals surface area contributed by atoms with Gasteiger partial charge < -0.3 is 10.2 Å². The molecular weight excluding hydrogens is 214 g/mol. The van der Waals surface area contributed by atoms with Gasteiger partial charge in [-0.1, -0.05) is 49.4 Å². The van der Waals surface area contributed by atoms with Crippen LogP contribution in [0.5, 0.6) is 0 Å². The smallest absolute Gasteiger partial charge is 0.215 e. The number of nitriles is 1. The molecule has 17 heavy (non-hydrogen) atoms. The number of allylic oxidation sites excluding steroid dienone is 2. The first kappa shape index (κ1) is 11.4. The van der Waals surface area contributed by atoms with E-state index in [1.54, 1.807) is 25.1 Å². The topological polar surface area (TPSA) is 64.2 Å². The largest absolute Gasteiger partial charge is 0.507 e. The van der Waals surface area contributed by atoms with E-state index in [-0.39, 0.29) is 5.76 Å². The van der Waals surface area contributed by atoms with Gasteiger partial charge in [0.1, 0.15) is 11.8 Å². The molecule has 0 fully saturated rings. The summed E-state index contributed by atoms with van der Waals surface area (Å²) in [5.74, 6) is -0.707. The van der Waals surface area contributed by atoms with Crippen LogP contribution in [0.3, 0.4) is 0 Å². The number of hydrogen-bond donors (Lipinski definition) is 2. The van der Waals surface area contributed by atoms with E-state index in [1.165, 1.54) is 0 Å². The van der Waals surface area contributed by atoms with E-state index in [4.69, 9.17) is 5.26 Å². The molecule has 3 heteroatoms. The number of nitrogens with zero attached hydrogens (tertiary/aromatic N) is 1. The van der Waals surface area contributed by atoms with Gasteiger partial charge in [0.2, 0.25) is 5.60 Å². The molecule has 2 N–H and O–H groups in total. The molecule has 1 aromatic carbocycles. The summed E-state index contributed by atoms with van der Waals surface area (Å²) in [6.07, 6.45) is 3.46. The second kappa shape index (κ2) is 4.08. The predicted molar refractivity (Wildman–Crippen MR) is 64.9 cm³/mol. The molecule has 0 saturated heterocycles. The van der Waals surface area contributed by atoms with Crippen LogP contribution in [-0.2, 0) is 0 Å². The van der Waals surface area contributed by atoms with Gasteiger partial charge in [0.05, 0.1) is 0 Å². The Balaban J connectivity index is 2.56. The van der Waals surface area contributed by atoms with Crippen molar-refractivity contribution in [2.75, 3.05) is 0 Å². The fourth-order valence-corrected chi connectivity index (χ4v) is 1.89. The lowest BCUT2D eigenvalue weighted by molar-refractivity contribution is 0.0551. The monoisotopic (exact) mass is 227 g/mol. The minimum absolute atomic E-state index is 0.277. The molecule has 0 amide bonds. The Morgan fingerprint density at radius 3 is 2.53 bits per heavy atom. The number of rotatable bonds is 1. The van der Waals surface area contributed by atoms with Crippen molar-refractivity contribution in [1.29, 1.82) is 5.26 Å². The summed E-state index contributed by atoms with van der Waals surface area (Å²) >= 11 is 0. The Hall–Kier alpha value is -2.05. The van der Waals surface area contributed by atoms with Gasteiger partial charge in [-0.3, -0.25) is 0 Å². The summed E-state index contributed by atoms with van der Waals surface area (Å²) in [7, 11) is 0. The molecule has 2 atom stereocenters. The SMILES string of the molecule is C[C@H]1C=CC(c2ccccc2)=C(O)[C@]1(O)C#N. The van der Waals surface area contributed by atoms with E-state index in [0.29, 0.717) is 5.57 Å². The minimum Gasteiger partial charge on any atom is -0.507 e. The third-order valence-electron chi connectivity index (χ3n) is 3.08. The highest BCUT2D eigenvalue weighted by Crippen LogP contribution is 2.35. The lowest BCUT2D eigenvalue weighted by Crippen LogP contribution is -2.38. The van der Waals surface area contributed by atoms with Crippen LogP contribution in [0.1, 0.15) is 12.5 Å². The zero-order valence-electron chi connectivity index (χ0n) is 9.46. The van der Waals surface area contributed by atoms with Gasteiger partial charge in [-0.25, -0.2) is 0 Å². The summed E-state index contributed by atoms with van der Waals surface area (Å²) < 4.78 is 0. The zero-order valence-corrected chi connectivity index (χ0v) is 9.46. The van der Waals surface area contributed by atoms with Crippen LogP contribution >= 0.6 is 0 Å². The van der Waals surface area contributed by atoms with Crippen molar-refractivity contribution in [3.8, 4) is 6.07 Å². The summed E-state index contributed by atoms with van der Waals surface area (Å²) in [5, 5.41) is 29.2. The highest BCUT2D eigenvalue weighted by molar-refractivity contribution is 5.78. The third-order valence-corrected chi connectivity index (χ3v) is 3.08. The van der Waals surface area contributed by atoms with Gasteiger partial charge in [0.15, 0.2) is 0 Å². The molecule has 2 rings (SSSR count). The quantitative estimate of drug-likeness (QED) is 0.724. The van der Waals surface area contributed by atoms with E-state index in [1.807, 2.05) is 30.3 Å². The van der Waals surface area contributed by atoms with Crippen LogP contribution in [0.2, 0.25) is 0 Å². The number of hydrogen-bond acceptors (Lipinski definition) is 3. The van der Waals surface area contributed by atoms with E-state index >= 15 is 0 Å². The molecule has 0 aromatic heterocycles. The number of benzene rings is 1. The van der Waals surface area contributed by atoms with Crippen molar-refractivity contribution in [2.24, 2.45) is 5.92 Å². The first-order chi connectivity index (χ1) is 8.09. The van der Waals surface area contributed by atoms with Crippen LogP contribution in [-0.4, -0.2) is 15.8 Å². The summed E-state index contributed by atoms with van der Waals surface area (Å²) in [6.45, 7) is 1.69. The van der Waals surface area contributed by atoms with Gasteiger partial charge in [-0.2, -0.15) is 5.26 Å². The molecule has 1 aromatic rings. The molecule has 1 aliphatic carbocycles. The highest BCUT2D eigenvalue weighted by atomic mass is 16.3. The van der Waals surface area contributed by atoms with Crippen molar-refractivity contribution < 1.29 is 10.2 Å². The minimum atomic E-state index is -1.83. The molecule has 86 valence electrons. The Labute approximate surface area is 99.9 Å². The first-order valence-electron chi connectivity index (χ1n) is 5.40. The molecule has 0 aliphatic heterocycles. The maximum absolute atomic E-state index is 10.1. The molecule has 3 nitrogen and oxygen atoms in total. The van der Waals surface area contributed by atoms with Crippen LogP contribution in [0, 0.1) is 17.2 Å². The van der Waals surface area contributed by atoms with Crippen LogP contribution in [0.25, 0.3) is 5.57 Å². The average Bonchev–Trinajstić information content (AvgIpc) is 2.37. The summed E-state index contributed by atoms with van der Waals surface area (Å²) in [6, 6.07) is 11.0. The fraction of sp³-hybridized carbons (Fsp3) is 0.214. The Morgan fingerprint density at radius 2 is 1.94 bits per heavy atom. The molecule has 0 heterocycles. The molecule has 0 spiro atoms. The normalized spacial score (nSPS) is 27.9. The second-order valence-corrected chi connectivity index (χ2v) is 4.15. The van der Waals surface area contributed by atoms with Crippen molar-refractivity contribution in [3.63, 3.8) is 0 Å². The van der Waals surface area contributed by atoms with Gasteiger partial charge in [0.25, 0.3) is 0 Å². The fourth-order valence-electron chi connectivity index (χ4n) is 1.89.